The summed E-state index contributed by atoms with van der Waals surface area (Å²) in [5.74, 6) is 0.374. The first-order valence-electron chi connectivity index (χ1n) is 9.95. The smallest absolute Gasteiger partial charge is 0.260 e. The summed E-state index contributed by atoms with van der Waals surface area (Å²) >= 11 is 1.37. The van der Waals surface area contributed by atoms with Crippen LogP contribution in [0.3, 0.4) is 0 Å². The number of furan rings is 1. The number of sulfonamides is 1. The molecule has 0 atom stereocenters. The fourth-order valence-electron chi connectivity index (χ4n) is 3.81. The molecule has 0 aliphatic carbocycles. The van der Waals surface area contributed by atoms with E-state index in [2.05, 4.69) is 9.97 Å². The van der Waals surface area contributed by atoms with Crippen LogP contribution in [0.2, 0.25) is 0 Å². The lowest BCUT2D eigenvalue weighted by molar-refractivity contribution is 0.178. The normalized spacial score (nSPS) is 16.0. The molecule has 0 unspecified atom stereocenters. The second-order valence-corrected chi connectivity index (χ2v) is 10.2. The van der Waals surface area contributed by atoms with Crippen molar-refractivity contribution in [1.29, 1.82) is 0 Å². The van der Waals surface area contributed by atoms with E-state index >= 15 is 0 Å². The fraction of sp³-hybridized carbons (Fsp3) is 0.238. The van der Waals surface area contributed by atoms with E-state index in [1.165, 1.54) is 33.8 Å². The first-order chi connectivity index (χ1) is 15.4. The van der Waals surface area contributed by atoms with E-state index in [-0.39, 0.29) is 23.5 Å². The van der Waals surface area contributed by atoms with Gasteiger partial charge in [0.1, 0.15) is 27.1 Å². The van der Waals surface area contributed by atoms with Gasteiger partial charge in [-0.25, -0.2) is 17.8 Å². The summed E-state index contributed by atoms with van der Waals surface area (Å²) in [6.45, 7) is 1.72. The molecule has 8 nitrogen and oxygen atoms in total. The molecule has 1 N–H and O–H groups in total. The van der Waals surface area contributed by atoms with Crippen molar-refractivity contribution in [3.63, 3.8) is 0 Å². The predicted molar refractivity (Wildman–Crippen MR) is 118 cm³/mol. The third-order valence-corrected chi connectivity index (χ3v) is 8.24. The minimum absolute atomic E-state index is 0.227. The molecule has 1 aliphatic heterocycles. The Bertz CT molecular complexity index is 1420. The van der Waals surface area contributed by atoms with Gasteiger partial charge in [-0.15, -0.1) is 11.3 Å². The van der Waals surface area contributed by atoms with Gasteiger partial charge in [-0.05, 0) is 24.3 Å². The number of thiophene rings is 1. The summed E-state index contributed by atoms with van der Waals surface area (Å²) in [6.07, 6.45) is 1.56. The summed E-state index contributed by atoms with van der Waals surface area (Å²) in [6, 6.07) is 8.95. The molecule has 166 valence electrons. The van der Waals surface area contributed by atoms with E-state index in [0.717, 1.165) is 6.07 Å². The Morgan fingerprint density at radius 2 is 1.91 bits per heavy atom. The van der Waals surface area contributed by atoms with Crippen molar-refractivity contribution in [2.75, 3.05) is 26.2 Å². The fourth-order valence-corrected chi connectivity index (χ4v) is 6.25. The largest absolute Gasteiger partial charge is 0.464 e. The number of H-pyrrole nitrogens is 1. The van der Waals surface area contributed by atoms with Gasteiger partial charge < -0.3 is 9.40 Å². The molecule has 32 heavy (non-hydrogen) atoms. The average molecular weight is 475 g/mol. The minimum atomic E-state index is -3.89. The highest BCUT2D eigenvalue weighted by Gasteiger charge is 2.30. The molecular formula is C21H19FN4O4S2. The van der Waals surface area contributed by atoms with E-state index in [9.17, 15) is 17.6 Å². The number of piperazine rings is 1. The van der Waals surface area contributed by atoms with Crippen molar-refractivity contribution in [2.24, 2.45) is 0 Å². The summed E-state index contributed by atoms with van der Waals surface area (Å²) < 4.78 is 46.2. The number of halogens is 1. The van der Waals surface area contributed by atoms with Crippen molar-refractivity contribution in [3.05, 3.63) is 70.0 Å². The van der Waals surface area contributed by atoms with Gasteiger partial charge in [0.05, 0.1) is 18.2 Å². The van der Waals surface area contributed by atoms with E-state index in [0.29, 0.717) is 47.0 Å². The standard InChI is InChI=1S/C21H19FN4O4S2/c22-15-4-1-2-6-17(15)32(28,29)26-9-7-25(8-10-26)12-18-23-20(27)19-14(13-31-21(19)24-18)16-5-3-11-30-16/h1-6,11,13H,7-10,12H2,(H,23,24,27). The average Bonchev–Trinajstić information content (AvgIpc) is 3.44. The van der Waals surface area contributed by atoms with Crippen LogP contribution >= 0.6 is 11.3 Å². The van der Waals surface area contributed by atoms with Crippen LogP contribution in [0.5, 0.6) is 0 Å². The number of nitrogens with one attached hydrogen (secondary N) is 1. The molecule has 0 radical (unpaired) electrons. The van der Waals surface area contributed by atoms with Crippen LogP contribution in [0.1, 0.15) is 5.82 Å². The molecule has 4 aromatic rings. The molecule has 1 aliphatic rings. The number of fused-ring (bicyclic) bond motifs is 1. The number of aromatic amines is 1. The Morgan fingerprint density at radius 1 is 1.12 bits per heavy atom. The minimum Gasteiger partial charge on any atom is -0.464 e. The quantitative estimate of drug-likeness (QED) is 0.478. The Morgan fingerprint density at radius 3 is 2.62 bits per heavy atom. The highest BCUT2D eigenvalue weighted by molar-refractivity contribution is 7.89. The Hall–Kier alpha value is -2.86. The van der Waals surface area contributed by atoms with Gasteiger partial charge in [0, 0.05) is 37.1 Å². The molecule has 1 fully saturated rings. The molecule has 0 spiro atoms. The lowest BCUT2D eigenvalue weighted by Gasteiger charge is -2.33. The number of aromatic nitrogens is 2. The third kappa shape index (κ3) is 3.77. The Kier molecular flexibility index (Phi) is 5.41. The maximum absolute atomic E-state index is 14.0. The molecular weight excluding hydrogens is 455 g/mol. The van der Waals surface area contributed by atoms with Crippen molar-refractivity contribution in [3.8, 4) is 11.3 Å². The zero-order valence-corrected chi connectivity index (χ0v) is 18.5. The summed E-state index contributed by atoms with van der Waals surface area (Å²) in [5, 5.41) is 2.34. The van der Waals surface area contributed by atoms with Crippen LogP contribution in [0.15, 0.2) is 62.1 Å². The summed E-state index contributed by atoms with van der Waals surface area (Å²) in [4.78, 5) is 22.5. The molecule has 11 heteroatoms. The number of hydrogen-bond donors (Lipinski definition) is 1. The molecule has 0 amide bonds. The Balaban J connectivity index is 1.30. The second kappa shape index (κ2) is 8.24. The van der Waals surface area contributed by atoms with Crippen LogP contribution < -0.4 is 5.56 Å². The molecule has 5 rings (SSSR count). The SMILES string of the molecule is O=c1[nH]c(CN2CCN(S(=O)(=O)c3ccccc3F)CC2)nc2scc(-c3ccco3)c12. The molecule has 3 aromatic heterocycles. The zero-order valence-electron chi connectivity index (χ0n) is 16.8. The molecule has 4 heterocycles. The van der Waals surface area contributed by atoms with Gasteiger partial charge in [-0.2, -0.15) is 4.31 Å². The summed E-state index contributed by atoms with van der Waals surface area (Å²) in [5.41, 5.74) is 0.473. The highest BCUT2D eigenvalue weighted by Crippen LogP contribution is 2.31. The van der Waals surface area contributed by atoms with Gasteiger partial charge in [-0.3, -0.25) is 9.69 Å². The molecule has 1 aromatic carbocycles. The second-order valence-electron chi connectivity index (χ2n) is 7.43. The van der Waals surface area contributed by atoms with E-state index in [4.69, 9.17) is 4.42 Å². The maximum atomic E-state index is 14.0. The van der Waals surface area contributed by atoms with E-state index in [1.807, 2.05) is 10.3 Å². The van der Waals surface area contributed by atoms with Crippen LogP contribution in [-0.4, -0.2) is 53.8 Å². The van der Waals surface area contributed by atoms with Crippen molar-refractivity contribution < 1.29 is 17.2 Å². The molecule has 0 bridgehead atoms. The maximum Gasteiger partial charge on any atom is 0.260 e. The highest BCUT2D eigenvalue weighted by atomic mass is 32.2. The first kappa shape index (κ1) is 21.0. The van der Waals surface area contributed by atoms with E-state index < -0.39 is 15.8 Å². The van der Waals surface area contributed by atoms with Gasteiger partial charge in [0.15, 0.2) is 0 Å². The summed E-state index contributed by atoms with van der Waals surface area (Å²) in [7, 11) is -3.89. The number of hydrogen-bond acceptors (Lipinski definition) is 7. The first-order valence-corrected chi connectivity index (χ1v) is 12.3. The van der Waals surface area contributed by atoms with Crippen LogP contribution in [0.4, 0.5) is 4.39 Å². The lowest BCUT2D eigenvalue weighted by atomic mass is 10.2. The van der Waals surface area contributed by atoms with Crippen LogP contribution in [0.25, 0.3) is 21.5 Å². The Labute approximate surface area is 187 Å². The molecule has 1 saturated heterocycles. The van der Waals surface area contributed by atoms with Gasteiger partial charge >= 0.3 is 0 Å². The van der Waals surface area contributed by atoms with Crippen LogP contribution in [-0.2, 0) is 16.6 Å². The number of benzene rings is 1. The predicted octanol–water partition coefficient (Wildman–Crippen LogP) is 2.89. The van der Waals surface area contributed by atoms with E-state index in [1.54, 1.807) is 18.4 Å². The molecule has 0 saturated carbocycles. The number of nitrogens with zero attached hydrogens (tertiary/aromatic N) is 3. The van der Waals surface area contributed by atoms with Crippen molar-refractivity contribution in [1.82, 2.24) is 19.2 Å². The van der Waals surface area contributed by atoms with Crippen molar-refractivity contribution >= 4 is 31.6 Å². The van der Waals surface area contributed by atoms with Crippen LogP contribution in [0, 0.1) is 5.82 Å². The van der Waals surface area contributed by atoms with Gasteiger partial charge in [0.25, 0.3) is 5.56 Å². The zero-order chi connectivity index (χ0) is 22.3. The number of rotatable bonds is 5. The van der Waals surface area contributed by atoms with Gasteiger partial charge in [-0.1, -0.05) is 12.1 Å². The monoisotopic (exact) mass is 474 g/mol. The lowest BCUT2D eigenvalue weighted by Crippen LogP contribution is -2.48. The topological polar surface area (TPSA) is 99.5 Å². The third-order valence-electron chi connectivity index (χ3n) is 5.44. The van der Waals surface area contributed by atoms with Crippen molar-refractivity contribution in [2.45, 2.75) is 11.4 Å². The van der Waals surface area contributed by atoms with Gasteiger partial charge in [0.2, 0.25) is 10.0 Å².